The number of hydrogen-bond donors (Lipinski definition) is 0. The van der Waals surface area contributed by atoms with Crippen LogP contribution in [0, 0.1) is 5.92 Å². The van der Waals surface area contributed by atoms with Crippen molar-refractivity contribution in [1.82, 2.24) is 0 Å². The molecule has 0 saturated heterocycles. The minimum Gasteiger partial charge on any atom is -0.496 e. The molecule has 0 amide bonds. The first-order valence-corrected chi connectivity index (χ1v) is 9.15. The van der Waals surface area contributed by atoms with Crippen LogP contribution in [-0.2, 0) is 4.74 Å². The maximum absolute atomic E-state index is 6.41. The minimum atomic E-state index is 0.146. The third-order valence-electron chi connectivity index (χ3n) is 4.29. The second kappa shape index (κ2) is 8.23. The molecule has 2 rings (SSSR count). The van der Waals surface area contributed by atoms with Gasteiger partial charge in [0.2, 0.25) is 0 Å². The van der Waals surface area contributed by atoms with Crippen LogP contribution in [0.15, 0.2) is 24.3 Å². The fourth-order valence-electron chi connectivity index (χ4n) is 3.09. The van der Waals surface area contributed by atoms with E-state index in [2.05, 4.69) is 41.6 Å². The van der Waals surface area contributed by atoms with E-state index in [1.165, 1.54) is 37.7 Å². The summed E-state index contributed by atoms with van der Waals surface area (Å²) < 4.78 is 12.9. The molecule has 2 nitrogen and oxygen atoms in total. The lowest BCUT2D eigenvalue weighted by Crippen LogP contribution is -2.25. The number of ether oxygens (including phenoxy) is 2. The highest BCUT2D eigenvalue weighted by atomic mass is 127. The van der Waals surface area contributed by atoms with Crippen molar-refractivity contribution in [2.45, 2.75) is 51.2 Å². The number of alkyl halides is 1. The zero-order chi connectivity index (χ0) is 14.4. The molecule has 0 heterocycles. The standard InChI is InChI=1S/C17H25IO2/c1-3-13-7-6-8-14(11-13)20-17(12-18)15-9-4-5-10-16(15)19-2/h4-5,9-10,13-14,17H,3,6-8,11-12H2,1-2H3. The van der Waals surface area contributed by atoms with Gasteiger partial charge in [-0.3, -0.25) is 0 Å². The Labute approximate surface area is 136 Å². The molecule has 1 aromatic rings. The zero-order valence-electron chi connectivity index (χ0n) is 12.5. The van der Waals surface area contributed by atoms with Gasteiger partial charge in [0.15, 0.2) is 0 Å². The van der Waals surface area contributed by atoms with Gasteiger partial charge in [0.05, 0.1) is 19.3 Å². The Balaban J connectivity index is 2.05. The second-order valence-electron chi connectivity index (χ2n) is 5.58. The summed E-state index contributed by atoms with van der Waals surface area (Å²) in [5.41, 5.74) is 1.18. The maximum atomic E-state index is 6.41. The largest absolute Gasteiger partial charge is 0.496 e. The molecule has 112 valence electrons. The van der Waals surface area contributed by atoms with Gasteiger partial charge in [-0.2, -0.15) is 0 Å². The SMILES string of the molecule is CCC1CCCC(OC(CI)c2ccccc2OC)C1. The minimum absolute atomic E-state index is 0.146. The lowest BCUT2D eigenvalue weighted by atomic mass is 9.85. The first kappa shape index (κ1) is 16.1. The van der Waals surface area contributed by atoms with Crippen molar-refractivity contribution in [3.63, 3.8) is 0 Å². The molecule has 0 aliphatic heterocycles. The number of benzene rings is 1. The van der Waals surface area contributed by atoms with Crippen LogP contribution in [0.5, 0.6) is 5.75 Å². The van der Waals surface area contributed by atoms with Crippen molar-refractivity contribution in [3.8, 4) is 5.75 Å². The molecule has 3 unspecified atom stereocenters. The normalized spacial score (nSPS) is 24.4. The van der Waals surface area contributed by atoms with E-state index in [-0.39, 0.29) is 6.10 Å². The molecular formula is C17H25IO2. The molecule has 0 radical (unpaired) electrons. The Morgan fingerprint density at radius 1 is 1.30 bits per heavy atom. The second-order valence-corrected chi connectivity index (χ2v) is 6.46. The van der Waals surface area contributed by atoms with E-state index >= 15 is 0 Å². The molecule has 3 atom stereocenters. The van der Waals surface area contributed by atoms with Gasteiger partial charge in [0, 0.05) is 9.99 Å². The lowest BCUT2D eigenvalue weighted by molar-refractivity contribution is -0.0312. The highest BCUT2D eigenvalue weighted by Gasteiger charge is 2.25. The Kier molecular flexibility index (Phi) is 6.62. The number of para-hydroxylation sites is 1. The van der Waals surface area contributed by atoms with Gasteiger partial charge in [-0.15, -0.1) is 0 Å². The smallest absolute Gasteiger partial charge is 0.124 e. The first-order valence-electron chi connectivity index (χ1n) is 7.62. The topological polar surface area (TPSA) is 18.5 Å². The molecule has 3 heteroatoms. The van der Waals surface area contributed by atoms with Crippen LogP contribution < -0.4 is 4.74 Å². The fraction of sp³-hybridized carbons (Fsp3) is 0.647. The molecular weight excluding hydrogens is 363 g/mol. The summed E-state index contributed by atoms with van der Waals surface area (Å²) in [6.45, 7) is 2.29. The molecule has 1 aromatic carbocycles. The van der Waals surface area contributed by atoms with E-state index in [1.807, 2.05) is 12.1 Å². The molecule has 1 saturated carbocycles. The molecule has 0 N–H and O–H groups in total. The van der Waals surface area contributed by atoms with Gasteiger partial charge in [-0.05, 0) is 24.8 Å². The monoisotopic (exact) mass is 388 g/mol. The first-order chi connectivity index (χ1) is 9.78. The van der Waals surface area contributed by atoms with Crippen LogP contribution in [-0.4, -0.2) is 17.6 Å². The van der Waals surface area contributed by atoms with Gasteiger partial charge < -0.3 is 9.47 Å². The van der Waals surface area contributed by atoms with E-state index in [4.69, 9.17) is 9.47 Å². The summed E-state index contributed by atoms with van der Waals surface area (Å²) in [5, 5.41) is 0. The summed E-state index contributed by atoms with van der Waals surface area (Å²) in [6.07, 6.45) is 6.95. The predicted octanol–water partition coefficient (Wildman–Crippen LogP) is 5.16. The molecule has 0 aromatic heterocycles. The fourth-order valence-corrected chi connectivity index (χ4v) is 3.78. The van der Waals surface area contributed by atoms with Crippen molar-refractivity contribution in [1.29, 1.82) is 0 Å². The van der Waals surface area contributed by atoms with E-state index in [0.717, 1.165) is 16.1 Å². The third-order valence-corrected chi connectivity index (χ3v) is 5.09. The Bertz CT molecular complexity index is 408. The van der Waals surface area contributed by atoms with Crippen LogP contribution in [0.1, 0.15) is 50.7 Å². The van der Waals surface area contributed by atoms with Crippen molar-refractivity contribution >= 4 is 22.6 Å². The molecule has 20 heavy (non-hydrogen) atoms. The Morgan fingerprint density at radius 3 is 2.80 bits per heavy atom. The van der Waals surface area contributed by atoms with Gasteiger partial charge in [-0.25, -0.2) is 0 Å². The van der Waals surface area contributed by atoms with Crippen LogP contribution in [0.25, 0.3) is 0 Å². The van der Waals surface area contributed by atoms with Crippen molar-refractivity contribution < 1.29 is 9.47 Å². The molecule has 1 aliphatic rings. The van der Waals surface area contributed by atoms with Crippen LogP contribution in [0.3, 0.4) is 0 Å². The average Bonchev–Trinajstić information content (AvgIpc) is 2.52. The molecule has 1 aliphatic carbocycles. The number of hydrogen-bond acceptors (Lipinski definition) is 2. The highest BCUT2D eigenvalue weighted by Crippen LogP contribution is 2.35. The number of halogens is 1. The summed E-state index contributed by atoms with van der Waals surface area (Å²) >= 11 is 2.42. The molecule has 1 fully saturated rings. The predicted molar refractivity (Wildman–Crippen MR) is 91.7 cm³/mol. The van der Waals surface area contributed by atoms with Gasteiger partial charge in [0.1, 0.15) is 5.75 Å². The highest BCUT2D eigenvalue weighted by molar-refractivity contribution is 14.1. The summed E-state index contributed by atoms with van der Waals surface area (Å²) in [4.78, 5) is 0. The quantitative estimate of drug-likeness (QED) is 0.495. The van der Waals surface area contributed by atoms with Crippen LogP contribution in [0.2, 0.25) is 0 Å². The molecule has 0 bridgehead atoms. The summed E-state index contributed by atoms with van der Waals surface area (Å²) in [5.74, 6) is 1.79. The third kappa shape index (κ3) is 4.10. The summed E-state index contributed by atoms with van der Waals surface area (Å²) in [7, 11) is 1.73. The van der Waals surface area contributed by atoms with Crippen molar-refractivity contribution in [2.24, 2.45) is 5.92 Å². The zero-order valence-corrected chi connectivity index (χ0v) is 14.6. The van der Waals surface area contributed by atoms with Crippen molar-refractivity contribution in [2.75, 3.05) is 11.5 Å². The Morgan fingerprint density at radius 2 is 2.10 bits per heavy atom. The van der Waals surface area contributed by atoms with E-state index in [9.17, 15) is 0 Å². The maximum Gasteiger partial charge on any atom is 0.124 e. The lowest BCUT2D eigenvalue weighted by Gasteiger charge is -2.31. The van der Waals surface area contributed by atoms with Gasteiger partial charge >= 0.3 is 0 Å². The van der Waals surface area contributed by atoms with E-state index in [0.29, 0.717) is 6.10 Å². The molecule has 0 spiro atoms. The Hall–Kier alpha value is -0.290. The van der Waals surface area contributed by atoms with E-state index in [1.54, 1.807) is 7.11 Å². The number of methoxy groups -OCH3 is 1. The van der Waals surface area contributed by atoms with Crippen LogP contribution in [0.4, 0.5) is 0 Å². The summed E-state index contributed by atoms with van der Waals surface area (Å²) in [6, 6.07) is 8.23. The van der Waals surface area contributed by atoms with Gasteiger partial charge in [0.25, 0.3) is 0 Å². The number of rotatable bonds is 6. The van der Waals surface area contributed by atoms with Gasteiger partial charge in [-0.1, -0.05) is 67.0 Å². The van der Waals surface area contributed by atoms with Crippen LogP contribution >= 0.6 is 22.6 Å². The van der Waals surface area contributed by atoms with E-state index < -0.39 is 0 Å². The van der Waals surface area contributed by atoms with Crippen molar-refractivity contribution in [3.05, 3.63) is 29.8 Å². The average molecular weight is 388 g/mol.